The predicted molar refractivity (Wildman–Crippen MR) is 134 cm³/mol. The lowest BCUT2D eigenvalue weighted by Gasteiger charge is -2.06. The number of nitrogens with one attached hydrogen (secondary N) is 2. The number of hydrogen-bond donors (Lipinski definition) is 2. The molecule has 0 unspecified atom stereocenters. The van der Waals surface area contributed by atoms with Crippen LogP contribution in [0.5, 0.6) is 0 Å². The van der Waals surface area contributed by atoms with E-state index >= 15 is 0 Å². The number of thioether (sulfide) groups is 1. The number of carbonyl (C=O) groups excluding carboxylic acids is 2. The zero-order chi connectivity index (χ0) is 25.4. The minimum absolute atomic E-state index is 0.0124. The number of amides is 1. The van der Waals surface area contributed by atoms with Gasteiger partial charge in [0.05, 0.1) is 23.5 Å². The highest BCUT2D eigenvalue weighted by Gasteiger charge is 2.25. The van der Waals surface area contributed by atoms with Gasteiger partial charge in [-0.1, -0.05) is 23.2 Å². The molecule has 0 aliphatic heterocycles. The molecule has 3 rings (SSSR count). The van der Waals surface area contributed by atoms with Crippen LogP contribution in [0.25, 0.3) is 0 Å². The molecular formula is C22H18Cl2N4O6S. The summed E-state index contributed by atoms with van der Waals surface area (Å²) < 4.78 is 10.7. The molecule has 0 spiro atoms. The van der Waals surface area contributed by atoms with Gasteiger partial charge in [-0.25, -0.2) is 10.2 Å². The smallest absolute Gasteiger partial charge is 0.345 e. The lowest BCUT2D eigenvalue weighted by molar-refractivity contribution is -0.384. The van der Waals surface area contributed by atoms with Gasteiger partial charge in [-0.05, 0) is 43.3 Å². The first-order valence-electron chi connectivity index (χ1n) is 9.99. The van der Waals surface area contributed by atoms with Gasteiger partial charge < -0.3 is 14.5 Å². The summed E-state index contributed by atoms with van der Waals surface area (Å²) in [4.78, 5) is 35.4. The number of esters is 1. The summed E-state index contributed by atoms with van der Waals surface area (Å²) in [6, 6.07) is 12.5. The van der Waals surface area contributed by atoms with Crippen LogP contribution in [0, 0.1) is 10.1 Å². The molecule has 35 heavy (non-hydrogen) atoms. The van der Waals surface area contributed by atoms with E-state index in [0.29, 0.717) is 15.6 Å². The van der Waals surface area contributed by atoms with E-state index in [-0.39, 0.29) is 40.3 Å². The SMILES string of the molecule is CCOC(=O)c1c(Nc2ccc(Cl)cc2)oc(/C=N\NC(=O)CSc2ccc([N+](=O)[O-])cc2)c1Cl. The van der Waals surface area contributed by atoms with E-state index in [0.717, 1.165) is 6.21 Å². The third kappa shape index (κ3) is 7.22. The number of benzene rings is 2. The number of nitrogens with zero attached hydrogens (tertiary/aromatic N) is 2. The van der Waals surface area contributed by atoms with Gasteiger partial charge in [0.25, 0.3) is 5.69 Å². The molecule has 0 bridgehead atoms. The monoisotopic (exact) mass is 536 g/mol. The number of anilines is 2. The maximum atomic E-state index is 12.4. The summed E-state index contributed by atoms with van der Waals surface area (Å²) in [5.41, 5.74) is 2.86. The van der Waals surface area contributed by atoms with Crippen molar-refractivity contribution >= 4 is 70.3 Å². The average molecular weight is 537 g/mol. The molecule has 0 aliphatic carbocycles. The Morgan fingerprint density at radius 3 is 2.49 bits per heavy atom. The summed E-state index contributed by atoms with van der Waals surface area (Å²) in [5.74, 6) is -1.05. The fourth-order valence-corrected chi connectivity index (χ4v) is 3.72. The summed E-state index contributed by atoms with van der Waals surface area (Å²) in [6.07, 6.45) is 1.16. The summed E-state index contributed by atoms with van der Waals surface area (Å²) in [5, 5.41) is 18.0. The minimum atomic E-state index is -0.694. The largest absolute Gasteiger partial charge is 0.462 e. The standard InChI is InChI=1S/C22H18Cl2N4O6S/c1-2-33-22(30)19-20(24)17(34-21(19)26-14-5-3-13(23)4-6-14)11-25-27-18(29)12-35-16-9-7-15(8-10-16)28(31)32/h3-11,26H,2,12H2,1H3,(H,27,29)/b25-11-. The number of non-ortho nitro benzene ring substituents is 1. The molecule has 0 saturated carbocycles. The first-order valence-corrected chi connectivity index (χ1v) is 11.7. The van der Waals surface area contributed by atoms with Crippen molar-refractivity contribution in [1.82, 2.24) is 5.43 Å². The lowest BCUT2D eigenvalue weighted by Crippen LogP contribution is -2.19. The van der Waals surface area contributed by atoms with Crippen molar-refractivity contribution in [3.63, 3.8) is 0 Å². The Balaban J connectivity index is 1.67. The van der Waals surface area contributed by atoms with E-state index in [4.69, 9.17) is 32.4 Å². The second-order valence-electron chi connectivity index (χ2n) is 6.67. The Labute approximate surface area is 213 Å². The van der Waals surface area contributed by atoms with Crippen LogP contribution >= 0.6 is 35.0 Å². The maximum Gasteiger partial charge on any atom is 0.345 e. The van der Waals surface area contributed by atoms with E-state index in [1.807, 2.05) is 0 Å². The highest BCUT2D eigenvalue weighted by Crippen LogP contribution is 2.34. The molecule has 0 atom stereocenters. The van der Waals surface area contributed by atoms with E-state index in [1.54, 1.807) is 43.3 Å². The first kappa shape index (κ1) is 26.1. The Hall–Kier alpha value is -3.54. The van der Waals surface area contributed by atoms with Gasteiger partial charge in [0.2, 0.25) is 11.8 Å². The quantitative estimate of drug-likeness (QED) is 0.111. The summed E-state index contributed by atoms with van der Waals surface area (Å²) in [6.45, 7) is 1.79. The molecule has 2 aromatic carbocycles. The van der Waals surface area contributed by atoms with E-state index in [9.17, 15) is 19.7 Å². The van der Waals surface area contributed by atoms with Crippen molar-refractivity contribution in [3.05, 3.63) is 80.0 Å². The number of hydrogen-bond acceptors (Lipinski definition) is 9. The van der Waals surface area contributed by atoms with E-state index in [2.05, 4.69) is 15.8 Å². The van der Waals surface area contributed by atoms with Crippen LogP contribution in [0.1, 0.15) is 23.0 Å². The van der Waals surface area contributed by atoms with Crippen molar-refractivity contribution in [3.8, 4) is 0 Å². The Morgan fingerprint density at radius 2 is 1.86 bits per heavy atom. The zero-order valence-corrected chi connectivity index (χ0v) is 20.4. The number of ether oxygens (including phenoxy) is 1. The molecule has 2 N–H and O–H groups in total. The molecule has 1 aromatic heterocycles. The highest BCUT2D eigenvalue weighted by molar-refractivity contribution is 8.00. The van der Waals surface area contributed by atoms with Crippen LogP contribution in [0.4, 0.5) is 17.3 Å². The molecule has 182 valence electrons. The van der Waals surface area contributed by atoms with Crippen LogP contribution in [-0.4, -0.2) is 35.4 Å². The summed E-state index contributed by atoms with van der Waals surface area (Å²) >= 11 is 13.4. The molecular weight excluding hydrogens is 519 g/mol. The summed E-state index contributed by atoms with van der Waals surface area (Å²) in [7, 11) is 0. The van der Waals surface area contributed by atoms with Crippen molar-refractivity contribution in [2.45, 2.75) is 11.8 Å². The molecule has 10 nitrogen and oxygen atoms in total. The molecule has 1 heterocycles. The molecule has 0 fully saturated rings. The fourth-order valence-electron chi connectivity index (χ4n) is 2.66. The number of rotatable bonds is 10. The van der Waals surface area contributed by atoms with Crippen molar-refractivity contribution in [1.29, 1.82) is 0 Å². The number of halogens is 2. The van der Waals surface area contributed by atoms with E-state index < -0.39 is 16.8 Å². The zero-order valence-electron chi connectivity index (χ0n) is 18.1. The van der Waals surface area contributed by atoms with E-state index in [1.165, 1.54) is 23.9 Å². The average Bonchev–Trinajstić information content (AvgIpc) is 3.14. The molecule has 1 amide bonds. The topological polar surface area (TPSA) is 136 Å². The minimum Gasteiger partial charge on any atom is -0.462 e. The van der Waals surface area contributed by atoms with Crippen LogP contribution in [-0.2, 0) is 9.53 Å². The van der Waals surface area contributed by atoms with Crippen molar-refractivity contribution in [2.24, 2.45) is 5.10 Å². The highest BCUT2D eigenvalue weighted by atomic mass is 35.5. The van der Waals surface area contributed by atoms with Gasteiger partial charge in [-0.3, -0.25) is 14.9 Å². The van der Waals surface area contributed by atoms with Gasteiger partial charge in [0, 0.05) is 27.7 Å². The van der Waals surface area contributed by atoms with Gasteiger partial charge in [0.1, 0.15) is 10.6 Å². The Bertz CT molecular complexity index is 1250. The fraction of sp³-hybridized carbons (Fsp3) is 0.136. The third-order valence-corrected chi connectivity index (χ3v) is 5.88. The number of furan rings is 1. The normalized spacial score (nSPS) is 10.8. The van der Waals surface area contributed by atoms with Gasteiger partial charge >= 0.3 is 5.97 Å². The second-order valence-corrected chi connectivity index (χ2v) is 8.53. The third-order valence-electron chi connectivity index (χ3n) is 4.25. The molecule has 0 aliphatic rings. The van der Waals surface area contributed by atoms with Gasteiger partial charge in [-0.2, -0.15) is 5.10 Å². The number of nitro groups is 1. The number of nitro benzene ring substituents is 1. The number of hydrazone groups is 1. The maximum absolute atomic E-state index is 12.4. The molecule has 0 saturated heterocycles. The lowest BCUT2D eigenvalue weighted by atomic mass is 10.2. The van der Waals surface area contributed by atoms with Crippen molar-refractivity contribution < 1.29 is 23.7 Å². The van der Waals surface area contributed by atoms with Gasteiger partial charge in [0.15, 0.2) is 5.76 Å². The van der Waals surface area contributed by atoms with Crippen molar-refractivity contribution in [2.75, 3.05) is 17.7 Å². The van der Waals surface area contributed by atoms with Crippen LogP contribution < -0.4 is 10.7 Å². The first-order chi connectivity index (χ1) is 16.8. The molecule has 0 radical (unpaired) electrons. The van der Waals surface area contributed by atoms with Gasteiger partial charge in [-0.15, -0.1) is 11.8 Å². The molecule has 13 heteroatoms. The Kier molecular flexibility index (Phi) is 9.12. The van der Waals surface area contributed by atoms with Crippen LogP contribution in [0.2, 0.25) is 10.0 Å². The molecule has 3 aromatic rings. The second kappa shape index (κ2) is 12.2. The van der Waals surface area contributed by atoms with Crippen LogP contribution in [0.3, 0.4) is 0 Å². The Morgan fingerprint density at radius 1 is 1.17 bits per heavy atom. The van der Waals surface area contributed by atoms with Crippen LogP contribution in [0.15, 0.2) is 62.9 Å². The number of carbonyl (C=O) groups is 2. The predicted octanol–water partition coefficient (Wildman–Crippen LogP) is 5.66.